The van der Waals surface area contributed by atoms with Crippen LogP contribution < -0.4 is 20.6 Å². The first kappa shape index (κ1) is 23.8. The number of allylic oxidation sites excluding steroid dienone is 2. The van der Waals surface area contributed by atoms with E-state index in [9.17, 15) is 23.2 Å². The summed E-state index contributed by atoms with van der Waals surface area (Å²) >= 11 is 0. The molecule has 1 aliphatic carbocycles. The van der Waals surface area contributed by atoms with Crippen LogP contribution in [0.3, 0.4) is 0 Å². The molecule has 7 nitrogen and oxygen atoms in total. The molecular weight excluding hydrogens is 447 g/mol. The van der Waals surface area contributed by atoms with E-state index in [4.69, 9.17) is 0 Å². The number of aromatic nitrogens is 1. The number of fused-ring (bicyclic) bond motifs is 1. The lowest BCUT2D eigenvalue weighted by atomic mass is 9.89. The summed E-state index contributed by atoms with van der Waals surface area (Å²) in [6.45, 7) is 0.506. The molecule has 1 aliphatic heterocycles. The Morgan fingerprint density at radius 3 is 2.71 bits per heavy atom. The number of nitrogens with one attached hydrogen (secondary N) is 3. The lowest BCUT2D eigenvalue weighted by molar-refractivity contribution is -0.137. The van der Waals surface area contributed by atoms with Gasteiger partial charge in [-0.1, -0.05) is 18.2 Å². The molecule has 1 aromatic heterocycles. The fraction of sp³-hybridized carbons (Fsp3) is 0.333. The fourth-order valence-electron chi connectivity index (χ4n) is 4.42. The number of likely N-dealkylation sites (N-methyl/N-ethyl adjacent to an activating group) is 1. The first-order valence-electron chi connectivity index (χ1n) is 10.9. The molecule has 180 valence electrons. The van der Waals surface area contributed by atoms with Crippen LogP contribution in [0.5, 0.6) is 0 Å². The van der Waals surface area contributed by atoms with Crippen LogP contribution in [0.25, 0.3) is 0 Å². The third-order valence-electron chi connectivity index (χ3n) is 6.16. The van der Waals surface area contributed by atoms with E-state index in [1.807, 2.05) is 6.07 Å². The number of hydroxylamine groups is 2. The van der Waals surface area contributed by atoms with Crippen molar-refractivity contribution >= 4 is 28.8 Å². The molecule has 2 atom stereocenters. The third-order valence-corrected chi connectivity index (χ3v) is 6.16. The SMILES string of the molecule is CNC(=O)C1(Nc2cc(Nc3ccc4c(c3)CCC[N+]4(C)[O-])ncc2C(F)(F)F)C=CC=CC1. The average molecular weight is 473 g/mol. The average Bonchev–Trinajstić information content (AvgIpc) is 2.78. The highest BCUT2D eigenvalue weighted by Crippen LogP contribution is 2.39. The van der Waals surface area contributed by atoms with Gasteiger partial charge < -0.3 is 25.8 Å². The van der Waals surface area contributed by atoms with Crippen molar-refractivity contribution in [2.75, 3.05) is 31.3 Å². The number of anilines is 3. The van der Waals surface area contributed by atoms with Crippen molar-refractivity contribution in [2.45, 2.75) is 31.0 Å². The van der Waals surface area contributed by atoms with Crippen molar-refractivity contribution in [1.29, 1.82) is 0 Å². The van der Waals surface area contributed by atoms with Crippen LogP contribution >= 0.6 is 0 Å². The van der Waals surface area contributed by atoms with E-state index in [1.54, 1.807) is 43.5 Å². The molecule has 0 radical (unpaired) electrons. The number of amides is 1. The van der Waals surface area contributed by atoms with Gasteiger partial charge in [0.1, 0.15) is 17.0 Å². The number of benzene rings is 1. The number of carbonyl (C=O) groups is 1. The van der Waals surface area contributed by atoms with Gasteiger partial charge >= 0.3 is 6.18 Å². The molecule has 0 fully saturated rings. The predicted octanol–water partition coefficient (Wildman–Crippen LogP) is 4.64. The van der Waals surface area contributed by atoms with E-state index in [0.717, 1.165) is 24.6 Å². The molecule has 2 aromatic rings. The minimum Gasteiger partial charge on any atom is -0.628 e. The minimum atomic E-state index is -4.67. The summed E-state index contributed by atoms with van der Waals surface area (Å²) in [6.07, 6.45) is 4.37. The number of quaternary nitrogens is 1. The Hall–Kier alpha value is -3.37. The number of halogens is 3. The second-order valence-electron chi connectivity index (χ2n) is 8.68. The zero-order valence-corrected chi connectivity index (χ0v) is 18.9. The molecule has 0 saturated carbocycles. The fourth-order valence-corrected chi connectivity index (χ4v) is 4.42. The number of rotatable bonds is 5. The van der Waals surface area contributed by atoms with E-state index in [-0.39, 0.29) is 17.9 Å². The molecule has 2 heterocycles. The van der Waals surface area contributed by atoms with Gasteiger partial charge in [0.25, 0.3) is 0 Å². The Labute approximate surface area is 195 Å². The summed E-state index contributed by atoms with van der Waals surface area (Å²) in [7, 11) is 3.04. The first-order valence-corrected chi connectivity index (χ1v) is 10.9. The van der Waals surface area contributed by atoms with Crippen LogP contribution in [0, 0.1) is 5.21 Å². The number of aryl methyl sites for hydroxylation is 1. The summed E-state index contributed by atoms with van der Waals surface area (Å²) < 4.78 is 40.8. The van der Waals surface area contributed by atoms with E-state index in [2.05, 4.69) is 20.9 Å². The van der Waals surface area contributed by atoms with Crippen molar-refractivity contribution < 1.29 is 18.0 Å². The topological polar surface area (TPSA) is 89.1 Å². The second-order valence-corrected chi connectivity index (χ2v) is 8.68. The summed E-state index contributed by atoms with van der Waals surface area (Å²) in [5, 5.41) is 21.0. The molecule has 0 saturated heterocycles. The molecule has 2 aliphatic rings. The van der Waals surface area contributed by atoms with Crippen LogP contribution in [0.1, 0.15) is 24.0 Å². The summed E-state index contributed by atoms with van der Waals surface area (Å²) in [6, 6.07) is 6.53. The Morgan fingerprint density at radius 2 is 2.03 bits per heavy atom. The number of hydrogen-bond acceptors (Lipinski definition) is 5. The van der Waals surface area contributed by atoms with Crippen LogP contribution in [-0.2, 0) is 17.4 Å². The van der Waals surface area contributed by atoms with Crippen LogP contribution in [0.15, 0.2) is 54.8 Å². The zero-order chi connectivity index (χ0) is 24.6. The molecule has 4 rings (SSSR count). The largest absolute Gasteiger partial charge is 0.628 e. The smallest absolute Gasteiger partial charge is 0.419 e. The molecule has 3 N–H and O–H groups in total. The Morgan fingerprint density at radius 1 is 1.24 bits per heavy atom. The van der Waals surface area contributed by atoms with Gasteiger partial charge in [0.2, 0.25) is 5.91 Å². The normalized spacial score (nSPS) is 23.8. The zero-order valence-electron chi connectivity index (χ0n) is 18.9. The quantitative estimate of drug-likeness (QED) is 0.435. The maximum absolute atomic E-state index is 13.8. The van der Waals surface area contributed by atoms with E-state index >= 15 is 0 Å². The Balaban J connectivity index is 1.68. The molecule has 0 spiro atoms. The first-order chi connectivity index (χ1) is 16.0. The van der Waals surface area contributed by atoms with Crippen molar-refractivity contribution in [3.63, 3.8) is 0 Å². The summed E-state index contributed by atoms with van der Waals surface area (Å²) in [5.74, 6) is -0.283. The van der Waals surface area contributed by atoms with Crippen molar-refractivity contribution in [3.05, 3.63) is 71.1 Å². The van der Waals surface area contributed by atoms with E-state index < -0.39 is 27.8 Å². The number of carbonyl (C=O) groups excluding carboxylic acids is 1. The molecule has 2 unspecified atom stereocenters. The molecule has 1 aromatic carbocycles. The highest BCUT2D eigenvalue weighted by atomic mass is 19.4. The standard InChI is InChI=1S/C24H26F3N5O2/c1-28-22(33)23(10-4-3-5-11-23)31-19-14-21(29-15-18(19)24(25,26)27)30-17-8-9-20-16(13-17)7-6-12-32(20,2)34/h3-5,8-10,13-15H,6-7,11-12H2,1-2H3,(H,28,33)(H2,29,30,31). The molecule has 1 amide bonds. The number of alkyl halides is 3. The number of pyridine rings is 1. The van der Waals surface area contributed by atoms with E-state index in [1.165, 1.54) is 13.1 Å². The highest BCUT2D eigenvalue weighted by molar-refractivity contribution is 5.92. The summed E-state index contributed by atoms with van der Waals surface area (Å²) in [4.78, 5) is 16.6. The molecular formula is C24H26F3N5O2. The molecule has 0 bridgehead atoms. The number of hydrogen-bond donors (Lipinski definition) is 3. The van der Waals surface area contributed by atoms with E-state index in [0.29, 0.717) is 17.9 Å². The highest BCUT2D eigenvalue weighted by Gasteiger charge is 2.40. The van der Waals surface area contributed by atoms with Gasteiger partial charge in [-0.15, -0.1) is 0 Å². The van der Waals surface area contributed by atoms with Crippen LogP contribution in [0.4, 0.5) is 36.1 Å². The van der Waals surface area contributed by atoms with Gasteiger partial charge in [-0.3, -0.25) is 4.79 Å². The summed E-state index contributed by atoms with van der Waals surface area (Å²) in [5.41, 5.74) is -0.421. The van der Waals surface area contributed by atoms with Gasteiger partial charge in [0.05, 0.1) is 24.8 Å². The van der Waals surface area contributed by atoms with Crippen molar-refractivity contribution in [3.8, 4) is 0 Å². The van der Waals surface area contributed by atoms with Crippen LogP contribution in [-0.4, -0.2) is 37.1 Å². The van der Waals surface area contributed by atoms with Crippen molar-refractivity contribution in [2.24, 2.45) is 0 Å². The molecule has 34 heavy (non-hydrogen) atoms. The van der Waals surface area contributed by atoms with Crippen LogP contribution in [0.2, 0.25) is 0 Å². The van der Waals surface area contributed by atoms with Gasteiger partial charge in [-0.05, 0) is 24.6 Å². The van der Waals surface area contributed by atoms with Gasteiger partial charge in [-0.25, -0.2) is 4.98 Å². The van der Waals surface area contributed by atoms with Gasteiger partial charge in [0, 0.05) is 49.5 Å². The maximum atomic E-state index is 13.8. The lowest BCUT2D eigenvalue weighted by Crippen LogP contribution is -2.50. The maximum Gasteiger partial charge on any atom is 0.419 e. The monoisotopic (exact) mass is 473 g/mol. The molecule has 10 heteroatoms. The second kappa shape index (κ2) is 8.77. The predicted molar refractivity (Wildman–Crippen MR) is 127 cm³/mol. The lowest BCUT2D eigenvalue weighted by Gasteiger charge is -2.42. The van der Waals surface area contributed by atoms with Gasteiger partial charge in [0.15, 0.2) is 0 Å². The minimum absolute atomic E-state index is 0.174. The number of nitrogens with zero attached hydrogens (tertiary/aromatic N) is 2. The Kier molecular flexibility index (Phi) is 6.13. The van der Waals surface area contributed by atoms with Crippen molar-refractivity contribution in [1.82, 2.24) is 14.9 Å². The Bertz CT molecular complexity index is 1160. The van der Waals surface area contributed by atoms with Gasteiger partial charge in [-0.2, -0.15) is 13.2 Å². The third kappa shape index (κ3) is 4.64.